The van der Waals surface area contributed by atoms with Gasteiger partial charge < -0.3 is 0 Å². The molecule has 0 aliphatic heterocycles. The molecular formula is C14H11N3. The summed E-state index contributed by atoms with van der Waals surface area (Å²) in [6.45, 7) is 0. The first-order valence-corrected chi connectivity index (χ1v) is 5.18. The van der Waals surface area contributed by atoms with E-state index in [1.165, 1.54) is 0 Å². The number of hydrogen-bond acceptors (Lipinski definition) is 2. The molecule has 0 saturated carbocycles. The van der Waals surface area contributed by atoms with Gasteiger partial charge in [0.05, 0.1) is 0 Å². The Labute approximate surface area is 99.7 Å². The average Bonchev–Trinajstić information content (AvgIpc) is 2.84. The van der Waals surface area contributed by atoms with Gasteiger partial charge in [0, 0.05) is 6.20 Å². The molecule has 0 radical (unpaired) electrons. The van der Waals surface area contributed by atoms with Crippen LogP contribution in [-0.2, 0) is 0 Å². The fraction of sp³-hybridized carbons (Fsp3) is 0. The Morgan fingerprint density at radius 2 is 1.59 bits per heavy atom. The van der Waals surface area contributed by atoms with E-state index in [4.69, 9.17) is 6.42 Å². The first-order valence-electron chi connectivity index (χ1n) is 5.18. The van der Waals surface area contributed by atoms with E-state index in [1.807, 2.05) is 60.8 Å². The summed E-state index contributed by atoms with van der Waals surface area (Å²) in [7, 11) is 0. The maximum absolute atomic E-state index is 5.19. The van der Waals surface area contributed by atoms with E-state index < -0.39 is 0 Å². The highest BCUT2D eigenvalue weighted by atomic mass is 15.4. The third kappa shape index (κ3) is 2.70. The zero-order chi connectivity index (χ0) is 11.9. The predicted molar refractivity (Wildman–Crippen MR) is 67.4 cm³/mol. The summed E-state index contributed by atoms with van der Waals surface area (Å²) in [5, 5.41) is 7.60. The van der Waals surface area contributed by atoms with Crippen molar-refractivity contribution in [1.29, 1.82) is 0 Å². The minimum Gasteiger partial charge on any atom is -0.219 e. The van der Waals surface area contributed by atoms with Crippen molar-refractivity contribution in [2.45, 2.75) is 0 Å². The fourth-order valence-corrected chi connectivity index (χ4v) is 1.33. The van der Waals surface area contributed by atoms with E-state index in [0.717, 1.165) is 5.52 Å². The van der Waals surface area contributed by atoms with Crippen LogP contribution in [0.5, 0.6) is 0 Å². The van der Waals surface area contributed by atoms with Crippen molar-refractivity contribution in [3.8, 4) is 12.3 Å². The van der Waals surface area contributed by atoms with Crippen LogP contribution in [0.15, 0.2) is 60.8 Å². The van der Waals surface area contributed by atoms with Crippen LogP contribution in [0.4, 0.5) is 0 Å². The topological polar surface area (TPSA) is 30.2 Å². The van der Waals surface area contributed by atoms with Crippen molar-refractivity contribution in [3.63, 3.8) is 0 Å². The van der Waals surface area contributed by atoms with Crippen LogP contribution in [0.1, 0.15) is 5.69 Å². The molecule has 0 unspecified atom stereocenters. The van der Waals surface area contributed by atoms with Crippen molar-refractivity contribution >= 4 is 5.52 Å². The maximum atomic E-state index is 5.19. The molecule has 2 aromatic heterocycles. The van der Waals surface area contributed by atoms with Crippen molar-refractivity contribution in [2.75, 3.05) is 0 Å². The van der Waals surface area contributed by atoms with Gasteiger partial charge in [0.2, 0.25) is 0 Å². The lowest BCUT2D eigenvalue weighted by molar-refractivity contribution is 0.853. The monoisotopic (exact) mass is 221 g/mol. The standard InChI is InChI=1S/C8H5N3.C6H6/c1-2-7-8-5-3-4-6-11(8)10-9-7;1-2-4-6-5-3-1/h1,3-6H;1-6H. The summed E-state index contributed by atoms with van der Waals surface area (Å²) < 4.78 is 1.65. The second-order valence-electron chi connectivity index (χ2n) is 3.27. The first-order chi connectivity index (χ1) is 8.42. The minimum absolute atomic E-state index is 0.589. The number of aromatic nitrogens is 3. The van der Waals surface area contributed by atoms with Gasteiger partial charge in [0.15, 0.2) is 5.69 Å². The molecule has 0 aliphatic carbocycles. The Morgan fingerprint density at radius 3 is 2.18 bits per heavy atom. The largest absolute Gasteiger partial charge is 0.219 e. The number of terminal acetylenes is 1. The van der Waals surface area contributed by atoms with Gasteiger partial charge >= 0.3 is 0 Å². The SMILES string of the molecule is C#Cc1nnn2ccccc12.c1ccccc1. The Bertz CT molecular complexity index is 594. The summed E-state index contributed by atoms with van der Waals surface area (Å²) in [6, 6.07) is 17.7. The van der Waals surface area contributed by atoms with Crippen LogP contribution >= 0.6 is 0 Å². The molecule has 0 fully saturated rings. The molecule has 0 atom stereocenters. The molecule has 0 spiro atoms. The molecule has 0 amide bonds. The third-order valence-electron chi connectivity index (χ3n) is 2.13. The van der Waals surface area contributed by atoms with Crippen LogP contribution in [0, 0.1) is 12.3 Å². The molecule has 3 rings (SSSR count). The fourth-order valence-electron chi connectivity index (χ4n) is 1.33. The molecule has 0 bridgehead atoms. The molecule has 3 heteroatoms. The van der Waals surface area contributed by atoms with E-state index in [0.29, 0.717) is 5.69 Å². The van der Waals surface area contributed by atoms with Gasteiger partial charge in [-0.15, -0.1) is 11.5 Å². The summed E-state index contributed by atoms with van der Waals surface area (Å²) >= 11 is 0. The lowest BCUT2D eigenvalue weighted by Crippen LogP contribution is -1.83. The summed E-state index contributed by atoms with van der Waals surface area (Å²) in [4.78, 5) is 0. The number of hydrogen-bond donors (Lipinski definition) is 0. The second-order valence-corrected chi connectivity index (χ2v) is 3.27. The van der Waals surface area contributed by atoms with Gasteiger partial charge in [-0.05, 0) is 18.1 Å². The number of benzene rings is 1. The number of fused-ring (bicyclic) bond motifs is 1. The van der Waals surface area contributed by atoms with E-state index in [1.54, 1.807) is 4.52 Å². The molecular weight excluding hydrogens is 210 g/mol. The summed E-state index contributed by atoms with van der Waals surface area (Å²) in [5.41, 5.74) is 1.46. The lowest BCUT2D eigenvalue weighted by atomic mass is 10.3. The van der Waals surface area contributed by atoms with Gasteiger partial charge in [-0.25, -0.2) is 4.52 Å². The van der Waals surface area contributed by atoms with Crippen LogP contribution in [0.2, 0.25) is 0 Å². The highest BCUT2D eigenvalue weighted by Crippen LogP contribution is 2.03. The average molecular weight is 221 g/mol. The predicted octanol–water partition coefficient (Wildman–Crippen LogP) is 2.40. The van der Waals surface area contributed by atoms with Crippen LogP contribution in [-0.4, -0.2) is 14.8 Å². The molecule has 0 N–H and O–H groups in total. The second kappa shape index (κ2) is 5.47. The molecule has 2 heterocycles. The van der Waals surface area contributed by atoms with E-state index in [-0.39, 0.29) is 0 Å². The van der Waals surface area contributed by atoms with Crippen LogP contribution in [0.25, 0.3) is 5.52 Å². The van der Waals surface area contributed by atoms with Gasteiger partial charge in [-0.3, -0.25) is 0 Å². The van der Waals surface area contributed by atoms with Gasteiger partial charge in [-0.1, -0.05) is 47.7 Å². The third-order valence-corrected chi connectivity index (χ3v) is 2.13. The molecule has 3 nitrogen and oxygen atoms in total. The maximum Gasteiger partial charge on any atom is 0.163 e. The molecule has 17 heavy (non-hydrogen) atoms. The Balaban J connectivity index is 0.000000153. The van der Waals surface area contributed by atoms with E-state index in [9.17, 15) is 0 Å². The summed E-state index contributed by atoms with van der Waals surface area (Å²) in [5.74, 6) is 2.46. The van der Waals surface area contributed by atoms with E-state index in [2.05, 4.69) is 16.2 Å². The number of rotatable bonds is 0. The highest BCUT2D eigenvalue weighted by molar-refractivity contribution is 5.56. The summed E-state index contributed by atoms with van der Waals surface area (Å²) in [6.07, 6.45) is 7.00. The van der Waals surface area contributed by atoms with E-state index >= 15 is 0 Å². The first kappa shape index (κ1) is 10.9. The Kier molecular flexibility index (Phi) is 3.51. The zero-order valence-corrected chi connectivity index (χ0v) is 9.19. The normalized spacial score (nSPS) is 9.12. The molecule has 82 valence electrons. The van der Waals surface area contributed by atoms with Crippen molar-refractivity contribution in [1.82, 2.24) is 14.8 Å². The Morgan fingerprint density at radius 1 is 0.941 bits per heavy atom. The zero-order valence-electron chi connectivity index (χ0n) is 9.19. The van der Waals surface area contributed by atoms with Crippen molar-refractivity contribution < 1.29 is 0 Å². The quantitative estimate of drug-likeness (QED) is 0.546. The smallest absolute Gasteiger partial charge is 0.163 e. The van der Waals surface area contributed by atoms with Gasteiger partial charge in [0.25, 0.3) is 0 Å². The molecule has 3 aromatic rings. The van der Waals surface area contributed by atoms with Crippen molar-refractivity contribution in [2.24, 2.45) is 0 Å². The molecule has 0 aliphatic rings. The minimum atomic E-state index is 0.589. The molecule has 0 saturated heterocycles. The van der Waals surface area contributed by atoms with Crippen LogP contribution < -0.4 is 0 Å². The van der Waals surface area contributed by atoms with Crippen LogP contribution in [0.3, 0.4) is 0 Å². The highest BCUT2D eigenvalue weighted by Gasteiger charge is 1.99. The van der Waals surface area contributed by atoms with Gasteiger partial charge in [0.1, 0.15) is 5.52 Å². The number of nitrogens with zero attached hydrogens (tertiary/aromatic N) is 3. The molecule has 1 aromatic carbocycles. The van der Waals surface area contributed by atoms with Gasteiger partial charge in [-0.2, -0.15) is 0 Å². The Hall–Kier alpha value is -2.60. The van der Waals surface area contributed by atoms with Crippen molar-refractivity contribution in [3.05, 3.63) is 66.5 Å². The number of pyridine rings is 1. The lowest BCUT2D eigenvalue weighted by Gasteiger charge is -1.86.